The number of aliphatic imine (C=N–C) groups is 1. The second kappa shape index (κ2) is 44.4. The number of allylic oxidation sites excluding steroid dienone is 1. The minimum Gasteiger partial charge on any atom is -0.294 e. The van der Waals surface area contributed by atoms with E-state index in [0.29, 0.717) is 94.8 Å². The molecule has 0 aliphatic carbocycles. The summed E-state index contributed by atoms with van der Waals surface area (Å²) in [4.78, 5) is 41.7. The van der Waals surface area contributed by atoms with Crippen LogP contribution in [0.1, 0.15) is 398 Å². The second-order valence-electron chi connectivity index (χ2n) is 32.3. The summed E-state index contributed by atoms with van der Waals surface area (Å²) in [5, 5.41) is 8.80. The largest absolute Gasteiger partial charge is 0.294 e. The molecule has 1 unspecified atom stereocenters. The topological polar surface area (TPSA) is 142 Å². The number of hydrogen-bond donors (Lipinski definition) is 0. The highest BCUT2D eigenvalue weighted by Crippen LogP contribution is 2.32. The van der Waals surface area contributed by atoms with Crippen LogP contribution in [0.25, 0.3) is 0 Å². The van der Waals surface area contributed by atoms with Gasteiger partial charge >= 0.3 is 0 Å². The lowest BCUT2D eigenvalue weighted by molar-refractivity contribution is -0.117. The summed E-state index contributed by atoms with van der Waals surface area (Å²) in [6.07, 6.45) is 22.1. The number of aromatic nitrogens is 10. The van der Waals surface area contributed by atoms with Crippen LogP contribution in [0.15, 0.2) is 122 Å². The summed E-state index contributed by atoms with van der Waals surface area (Å²) >= 11 is 0. The van der Waals surface area contributed by atoms with E-state index in [9.17, 15) is 4.79 Å². The average molecular weight is 1360 g/mol. The lowest BCUT2D eigenvalue weighted by atomic mass is 9.81. The van der Waals surface area contributed by atoms with Crippen molar-refractivity contribution in [3.05, 3.63) is 190 Å². The monoisotopic (exact) mass is 1360 g/mol. The summed E-state index contributed by atoms with van der Waals surface area (Å²) in [7, 11) is 0. The fourth-order valence-electron chi connectivity index (χ4n) is 11.7. The van der Waals surface area contributed by atoms with Crippen LogP contribution < -0.4 is 0 Å². The number of rotatable bonds is 16. The van der Waals surface area contributed by atoms with Gasteiger partial charge in [-0.05, 0) is 193 Å². The van der Waals surface area contributed by atoms with Gasteiger partial charge in [-0.25, -0.2) is 0 Å². The average Bonchev–Trinajstić information content (AvgIpc) is 1.66. The first kappa shape index (κ1) is 90.2. The lowest BCUT2D eigenvalue weighted by Crippen LogP contribution is -2.32. The Hall–Kier alpha value is -6.82. The lowest BCUT2D eigenvalue weighted by Gasteiger charge is -2.25. The third kappa shape index (κ3) is 30.1. The van der Waals surface area contributed by atoms with Gasteiger partial charge in [0.1, 0.15) is 0 Å². The van der Waals surface area contributed by atoms with Crippen LogP contribution in [-0.4, -0.2) is 61.0 Å². The molecule has 12 nitrogen and oxygen atoms in total. The normalized spacial score (nSPS) is 13.0. The molecule has 0 saturated carbocycles. The molecule has 7 aromatic rings. The third-order valence-electron chi connectivity index (χ3n) is 17.0. The molecule has 0 amide bonds. The molecule has 8 rings (SSSR count). The van der Waals surface area contributed by atoms with Gasteiger partial charge in [0, 0.05) is 103 Å². The molecule has 7 aromatic heterocycles. The second-order valence-corrected chi connectivity index (χ2v) is 32.3. The Morgan fingerprint density at radius 1 is 0.354 bits per heavy atom. The molecule has 0 radical (unpaired) electrons. The van der Waals surface area contributed by atoms with E-state index in [1.54, 1.807) is 24.7 Å². The van der Waals surface area contributed by atoms with E-state index < -0.39 is 0 Å². The molecule has 0 aromatic carbocycles. The molecule has 1 atom stereocenters. The molecule has 550 valence electrons. The highest BCUT2D eigenvalue weighted by atomic mass is 16.1. The van der Waals surface area contributed by atoms with E-state index in [2.05, 4.69) is 327 Å². The van der Waals surface area contributed by atoms with Gasteiger partial charge < -0.3 is 0 Å². The fourth-order valence-corrected chi connectivity index (χ4v) is 11.7. The molecule has 0 N–H and O–H groups in total. The summed E-state index contributed by atoms with van der Waals surface area (Å²) in [6.45, 7) is 76.5. The Bertz CT molecular complexity index is 2950. The number of hydrogen-bond acceptors (Lipinski definition) is 10. The quantitative estimate of drug-likeness (QED) is 0.0924. The molecule has 0 saturated heterocycles. The van der Waals surface area contributed by atoms with Gasteiger partial charge in [-0.15, -0.1) is 0 Å². The molecule has 0 fully saturated rings. The van der Waals surface area contributed by atoms with E-state index >= 15 is 0 Å². The highest BCUT2D eigenvalue weighted by Gasteiger charge is 2.29. The molecular formula is C87H141N11O. The van der Waals surface area contributed by atoms with Crippen LogP contribution in [0.3, 0.4) is 0 Å². The molecule has 8 heterocycles. The molecule has 1 aliphatic rings. The highest BCUT2D eigenvalue weighted by molar-refractivity contribution is 6.12. The van der Waals surface area contributed by atoms with Crippen LogP contribution in [0.5, 0.6) is 0 Å². The third-order valence-corrected chi connectivity index (χ3v) is 17.0. The maximum absolute atomic E-state index is 11.6. The van der Waals surface area contributed by atoms with Crippen LogP contribution in [0.4, 0.5) is 0 Å². The van der Waals surface area contributed by atoms with Crippen molar-refractivity contribution < 1.29 is 4.79 Å². The van der Waals surface area contributed by atoms with Crippen molar-refractivity contribution in [1.82, 2.24) is 49.5 Å². The molecule has 0 bridgehead atoms. The minimum atomic E-state index is 0.00463. The predicted octanol–water partition coefficient (Wildman–Crippen LogP) is 25.0. The van der Waals surface area contributed by atoms with E-state index in [1.165, 1.54) is 61.7 Å². The standard InChI is InChI=1S/C13H24N2.C11H17NO.4C11H17N.C10H16N2.C9H16N2/c1-9(2)11-8-14-15(13(5,6)7)12(11)10(3)4;1-7(2)10-9(13)5-6-12-11(10)8(3)4;2*1-8(2)10-5-6-12-7-11(10)9(3)4;2*1-8(2)10-6-5-7-12-11(10)9(3)4;1-7(2)9-10(8(3)4)12-6-5-11-9;1-7(2)9-5-6-10-11(9)8(3)4/h8-10H,1-7H3;5-8,10H,1-4H3;4*5-9H,1-4H3;5-8H,1-4H3;5-8H,1-4H3. The van der Waals surface area contributed by atoms with Crippen molar-refractivity contribution in [1.29, 1.82) is 0 Å². The van der Waals surface area contributed by atoms with E-state index in [4.69, 9.17) is 0 Å². The summed E-state index contributed by atoms with van der Waals surface area (Å²) < 4.78 is 4.25. The Kier molecular flexibility index (Phi) is 40.5. The Labute approximate surface area is 606 Å². The van der Waals surface area contributed by atoms with Crippen molar-refractivity contribution >= 4 is 11.5 Å². The van der Waals surface area contributed by atoms with Gasteiger partial charge in [0.25, 0.3) is 0 Å². The van der Waals surface area contributed by atoms with Gasteiger partial charge in [-0.2, -0.15) is 10.2 Å². The van der Waals surface area contributed by atoms with Gasteiger partial charge in [0.2, 0.25) is 0 Å². The van der Waals surface area contributed by atoms with Crippen LogP contribution in [-0.2, 0) is 10.3 Å². The van der Waals surface area contributed by atoms with E-state index in [1.807, 2.05) is 61.7 Å². The maximum atomic E-state index is 11.6. The zero-order valence-electron chi connectivity index (χ0n) is 69.1. The van der Waals surface area contributed by atoms with Crippen molar-refractivity contribution in [2.24, 2.45) is 22.7 Å². The van der Waals surface area contributed by atoms with Crippen molar-refractivity contribution in [2.45, 2.75) is 331 Å². The Morgan fingerprint density at radius 3 is 1.01 bits per heavy atom. The first-order valence-corrected chi connectivity index (χ1v) is 37.5. The summed E-state index contributed by atoms with van der Waals surface area (Å²) in [6, 6.07) is 15.2. The van der Waals surface area contributed by atoms with Gasteiger partial charge in [0.05, 0.1) is 29.0 Å². The number of carbonyl (C=O) groups is 1. The fraction of sp³-hybridized carbons (Fsp3) is 0.609. The zero-order chi connectivity index (χ0) is 75.9. The molecular weight excluding hydrogens is 1220 g/mol. The number of pyridine rings is 4. The molecule has 1 aliphatic heterocycles. The minimum absolute atomic E-state index is 0.00463. The molecule has 99 heavy (non-hydrogen) atoms. The van der Waals surface area contributed by atoms with Crippen molar-refractivity contribution in [3.63, 3.8) is 0 Å². The Morgan fingerprint density at radius 2 is 0.737 bits per heavy atom. The van der Waals surface area contributed by atoms with Crippen molar-refractivity contribution in [2.75, 3.05) is 0 Å². The maximum Gasteiger partial charge on any atom is 0.166 e. The van der Waals surface area contributed by atoms with Crippen LogP contribution in [0.2, 0.25) is 0 Å². The van der Waals surface area contributed by atoms with Crippen LogP contribution >= 0.6 is 0 Å². The number of nitrogens with zero attached hydrogens (tertiary/aromatic N) is 11. The predicted molar refractivity (Wildman–Crippen MR) is 427 cm³/mol. The zero-order valence-corrected chi connectivity index (χ0v) is 69.1. The molecule has 0 spiro atoms. The van der Waals surface area contributed by atoms with Gasteiger partial charge in [0.15, 0.2) is 5.78 Å². The van der Waals surface area contributed by atoms with Gasteiger partial charge in [-0.1, -0.05) is 220 Å². The van der Waals surface area contributed by atoms with Crippen LogP contribution in [0, 0.1) is 17.8 Å². The summed E-state index contributed by atoms with van der Waals surface area (Å²) in [5.41, 5.74) is 18.3. The smallest absolute Gasteiger partial charge is 0.166 e. The number of carbonyl (C=O) groups excluding carboxylic acids is 1. The first-order valence-electron chi connectivity index (χ1n) is 37.5. The Balaban J connectivity index is 0.000000566. The van der Waals surface area contributed by atoms with Crippen molar-refractivity contribution in [3.8, 4) is 0 Å². The van der Waals surface area contributed by atoms with Gasteiger partial charge in [-0.3, -0.25) is 49.1 Å². The molecule has 12 heteroatoms. The van der Waals surface area contributed by atoms with E-state index in [0.717, 1.165) is 17.1 Å². The summed E-state index contributed by atoms with van der Waals surface area (Å²) in [5.74, 6) is 8.09. The van der Waals surface area contributed by atoms with E-state index in [-0.39, 0.29) is 17.2 Å². The first-order chi connectivity index (χ1) is 46.0. The SMILES string of the molecule is CC(C)C1=NC=CC(=O)C1C(C)C.CC(C)c1cccnc1C(C)C.CC(C)c1cccnc1C(C)C.CC(C)c1ccncc1C(C)C.CC(C)c1ccncc1C(C)C.CC(C)c1ccnn1C(C)C.CC(C)c1cnn(C(C)(C)C)c1C(C)C.CC(C)c1nccnc1C(C)C. The number of ketones is 1.